The fraction of sp³-hybridized carbons (Fsp3) is 0.286. The molecule has 0 saturated heterocycles. The highest BCUT2D eigenvalue weighted by atomic mass is 35.5. The van der Waals surface area contributed by atoms with Crippen LogP contribution in [0.25, 0.3) is 0 Å². The van der Waals surface area contributed by atoms with E-state index >= 15 is 0 Å². The van der Waals surface area contributed by atoms with Gasteiger partial charge < -0.3 is 5.32 Å². The Balaban J connectivity index is 1.94. The van der Waals surface area contributed by atoms with E-state index in [0.717, 1.165) is 15.6 Å². The van der Waals surface area contributed by atoms with Gasteiger partial charge in [-0.05, 0) is 38.5 Å². The normalized spacial score (nSPS) is 10.6. The van der Waals surface area contributed by atoms with Gasteiger partial charge in [-0.25, -0.2) is 4.98 Å². The molecule has 0 aliphatic rings. The van der Waals surface area contributed by atoms with Crippen molar-refractivity contribution in [2.75, 3.05) is 5.32 Å². The number of amides is 1. The number of benzene rings is 1. The summed E-state index contributed by atoms with van der Waals surface area (Å²) in [5.74, 6) is -0.0697. The molecule has 0 aliphatic carbocycles. The number of anilines is 1. The summed E-state index contributed by atoms with van der Waals surface area (Å²) in [5.41, 5.74) is 1.59. The third-order valence-electron chi connectivity index (χ3n) is 2.78. The minimum absolute atomic E-state index is 0.0697. The van der Waals surface area contributed by atoms with E-state index in [1.54, 1.807) is 29.5 Å². The van der Waals surface area contributed by atoms with E-state index in [-0.39, 0.29) is 5.91 Å². The number of aromatic nitrogens is 1. The van der Waals surface area contributed by atoms with Crippen LogP contribution in [0.3, 0.4) is 0 Å². The van der Waals surface area contributed by atoms with Gasteiger partial charge in [-0.15, -0.1) is 11.3 Å². The minimum Gasteiger partial charge on any atom is -0.325 e. The first-order chi connectivity index (χ1) is 9.45. The number of nitrogens with zero attached hydrogens (tertiary/aromatic N) is 1. The van der Waals surface area contributed by atoms with Gasteiger partial charge in [0.1, 0.15) is 0 Å². The van der Waals surface area contributed by atoms with Crippen LogP contribution in [0.2, 0.25) is 10.0 Å². The maximum atomic E-state index is 11.9. The molecule has 1 aromatic heterocycles. The molecule has 20 heavy (non-hydrogen) atoms. The summed E-state index contributed by atoms with van der Waals surface area (Å²) < 4.78 is 0. The van der Waals surface area contributed by atoms with Crippen LogP contribution in [0.1, 0.15) is 22.0 Å². The second kappa shape index (κ2) is 6.57. The molecule has 1 N–H and O–H groups in total. The largest absolute Gasteiger partial charge is 0.325 e. The van der Waals surface area contributed by atoms with Gasteiger partial charge in [0, 0.05) is 16.3 Å². The van der Waals surface area contributed by atoms with E-state index in [0.29, 0.717) is 28.6 Å². The van der Waals surface area contributed by atoms with Crippen molar-refractivity contribution in [3.05, 3.63) is 43.8 Å². The number of hydrogen-bond acceptors (Lipinski definition) is 3. The summed E-state index contributed by atoms with van der Waals surface area (Å²) in [7, 11) is 0. The number of hydrogen-bond donors (Lipinski definition) is 1. The van der Waals surface area contributed by atoms with Crippen molar-refractivity contribution in [3.63, 3.8) is 0 Å². The first kappa shape index (κ1) is 15.3. The Hall–Kier alpha value is -1.10. The van der Waals surface area contributed by atoms with Crippen molar-refractivity contribution in [1.82, 2.24) is 4.98 Å². The number of thiazole rings is 1. The molecule has 1 heterocycles. The molecule has 0 unspecified atom stereocenters. The Kier molecular flexibility index (Phi) is 5.02. The number of carbonyl (C=O) groups excluding carboxylic acids is 1. The average molecular weight is 329 g/mol. The van der Waals surface area contributed by atoms with Crippen LogP contribution in [0.15, 0.2) is 18.2 Å². The predicted molar refractivity (Wildman–Crippen MR) is 85.0 cm³/mol. The Morgan fingerprint density at radius 3 is 2.70 bits per heavy atom. The topological polar surface area (TPSA) is 42.0 Å². The zero-order valence-electron chi connectivity index (χ0n) is 11.2. The fourth-order valence-corrected chi connectivity index (χ4v) is 3.23. The Labute approximate surface area is 131 Å². The van der Waals surface area contributed by atoms with E-state index in [1.807, 2.05) is 13.8 Å². The first-order valence-corrected chi connectivity index (χ1v) is 7.71. The molecule has 0 aliphatic heterocycles. The molecular weight excluding hydrogens is 315 g/mol. The zero-order valence-corrected chi connectivity index (χ0v) is 13.5. The lowest BCUT2D eigenvalue weighted by Gasteiger charge is -2.07. The fourth-order valence-electron chi connectivity index (χ4n) is 1.84. The molecule has 0 atom stereocenters. The van der Waals surface area contributed by atoms with Crippen LogP contribution < -0.4 is 5.32 Å². The Bertz CT molecular complexity index is 640. The summed E-state index contributed by atoms with van der Waals surface area (Å²) in [6.07, 6.45) is 1.09. The molecule has 0 fully saturated rings. The third kappa shape index (κ3) is 3.95. The Morgan fingerprint density at radius 2 is 2.10 bits per heavy atom. The number of nitrogens with one attached hydrogen (secondary N) is 1. The maximum absolute atomic E-state index is 11.9. The van der Waals surface area contributed by atoms with Crippen molar-refractivity contribution in [2.45, 2.75) is 26.7 Å². The molecule has 0 spiro atoms. The lowest BCUT2D eigenvalue weighted by molar-refractivity contribution is -0.116. The first-order valence-electron chi connectivity index (χ1n) is 6.13. The zero-order chi connectivity index (χ0) is 14.7. The van der Waals surface area contributed by atoms with E-state index in [9.17, 15) is 4.79 Å². The monoisotopic (exact) mass is 328 g/mol. The predicted octanol–water partition coefficient (Wildman–Crippen LogP) is 4.64. The second-order valence-electron chi connectivity index (χ2n) is 4.41. The van der Waals surface area contributed by atoms with E-state index in [4.69, 9.17) is 23.2 Å². The van der Waals surface area contributed by atoms with Gasteiger partial charge in [0.25, 0.3) is 0 Å². The Morgan fingerprint density at radius 1 is 1.35 bits per heavy atom. The molecule has 1 aromatic carbocycles. The number of carbonyl (C=O) groups is 1. The van der Waals surface area contributed by atoms with Crippen LogP contribution in [-0.4, -0.2) is 10.9 Å². The molecule has 106 valence electrons. The summed E-state index contributed by atoms with van der Waals surface area (Å²) in [6.45, 7) is 3.93. The van der Waals surface area contributed by atoms with Crippen LogP contribution in [0, 0.1) is 13.8 Å². The van der Waals surface area contributed by atoms with Crippen LogP contribution in [-0.2, 0) is 11.2 Å². The van der Waals surface area contributed by atoms with E-state index in [2.05, 4.69) is 10.3 Å². The van der Waals surface area contributed by atoms with Gasteiger partial charge in [-0.2, -0.15) is 0 Å². The molecule has 0 saturated carbocycles. The SMILES string of the molecule is Cc1nc(C)c(CCC(=O)Nc2ccc(Cl)cc2Cl)s1. The maximum Gasteiger partial charge on any atom is 0.224 e. The number of halogens is 2. The second-order valence-corrected chi connectivity index (χ2v) is 6.55. The summed E-state index contributed by atoms with van der Waals surface area (Å²) in [4.78, 5) is 17.4. The smallest absolute Gasteiger partial charge is 0.224 e. The highest BCUT2D eigenvalue weighted by Gasteiger charge is 2.10. The van der Waals surface area contributed by atoms with Gasteiger partial charge in [0.2, 0.25) is 5.91 Å². The standard InChI is InChI=1S/C14H14Cl2N2OS/c1-8-13(20-9(2)17-8)5-6-14(19)18-12-4-3-10(15)7-11(12)16/h3-4,7H,5-6H2,1-2H3,(H,18,19). The van der Waals surface area contributed by atoms with Crippen molar-refractivity contribution >= 4 is 46.1 Å². The van der Waals surface area contributed by atoms with E-state index < -0.39 is 0 Å². The third-order valence-corrected chi connectivity index (χ3v) is 4.46. The van der Waals surface area contributed by atoms with Crippen LogP contribution in [0.5, 0.6) is 0 Å². The molecule has 0 bridgehead atoms. The number of rotatable bonds is 4. The van der Waals surface area contributed by atoms with Gasteiger partial charge in [0.05, 0.1) is 21.4 Å². The quantitative estimate of drug-likeness (QED) is 0.888. The number of aryl methyl sites for hydroxylation is 3. The van der Waals surface area contributed by atoms with Crippen LogP contribution >= 0.6 is 34.5 Å². The molecule has 2 aromatic rings. The average Bonchev–Trinajstić information content (AvgIpc) is 2.69. The molecule has 2 rings (SSSR count). The van der Waals surface area contributed by atoms with E-state index in [1.165, 1.54) is 0 Å². The van der Waals surface area contributed by atoms with Crippen LogP contribution in [0.4, 0.5) is 5.69 Å². The minimum atomic E-state index is -0.0697. The van der Waals surface area contributed by atoms with Crippen molar-refractivity contribution < 1.29 is 4.79 Å². The molecule has 1 amide bonds. The molecule has 0 radical (unpaired) electrons. The molecular formula is C14H14Cl2N2OS. The van der Waals surface area contributed by atoms with Gasteiger partial charge in [0.15, 0.2) is 0 Å². The van der Waals surface area contributed by atoms with Crippen molar-refractivity contribution in [3.8, 4) is 0 Å². The van der Waals surface area contributed by atoms with Crippen molar-refractivity contribution in [1.29, 1.82) is 0 Å². The highest BCUT2D eigenvalue weighted by Crippen LogP contribution is 2.25. The molecule has 6 heteroatoms. The summed E-state index contributed by atoms with van der Waals surface area (Å²) in [6, 6.07) is 5.00. The van der Waals surface area contributed by atoms with Gasteiger partial charge in [-0.3, -0.25) is 4.79 Å². The van der Waals surface area contributed by atoms with Crippen molar-refractivity contribution in [2.24, 2.45) is 0 Å². The lowest BCUT2D eigenvalue weighted by atomic mass is 10.2. The van der Waals surface area contributed by atoms with Gasteiger partial charge >= 0.3 is 0 Å². The van der Waals surface area contributed by atoms with Gasteiger partial charge in [-0.1, -0.05) is 23.2 Å². The molecule has 3 nitrogen and oxygen atoms in total. The summed E-state index contributed by atoms with van der Waals surface area (Å²) in [5, 5.41) is 4.80. The lowest BCUT2D eigenvalue weighted by Crippen LogP contribution is -2.12. The summed E-state index contributed by atoms with van der Waals surface area (Å²) >= 11 is 13.5. The highest BCUT2D eigenvalue weighted by molar-refractivity contribution is 7.11.